The highest BCUT2D eigenvalue weighted by Gasteiger charge is 2.29. The highest BCUT2D eigenvalue weighted by molar-refractivity contribution is 5.99. The number of hydrogen-bond acceptors (Lipinski definition) is 3. The maximum absolute atomic E-state index is 12.2. The van der Waals surface area contributed by atoms with E-state index in [1.807, 2.05) is 0 Å². The Kier molecular flexibility index (Phi) is 5.51. The van der Waals surface area contributed by atoms with E-state index in [0.29, 0.717) is 11.3 Å². The van der Waals surface area contributed by atoms with Gasteiger partial charge in [0, 0.05) is 17.2 Å². The Hall–Kier alpha value is -2.63. The second-order valence-electron chi connectivity index (χ2n) is 5.51. The molecular formula is C17H20N2O4. The van der Waals surface area contributed by atoms with Gasteiger partial charge in [-0.1, -0.05) is 18.2 Å². The molecule has 0 spiro atoms. The van der Waals surface area contributed by atoms with Crippen LogP contribution in [0.5, 0.6) is 0 Å². The summed E-state index contributed by atoms with van der Waals surface area (Å²) in [5.74, 6) is -1.54. The molecule has 0 bridgehead atoms. The highest BCUT2D eigenvalue weighted by atomic mass is 16.4. The van der Waals surface area contributed by atoms with E-state index in [-0.39, 0.29) is 18.2 Å². The zero-order valence-corrected chi connectivity index (χ0v) is 12.9. The van der Waals surface area contributed by atoms with Crippen molar-refractivity contribution in [2.75, 3.05) is 5.32 Å². The Morgan fingerprint density at radius 2 is 2.09 bits per heavy atom. The first-order valence-electron chi connectivity index (χ1n) is 7.57. The maximum Gasteiger partial charge on any atom is 0.326 e. The molecule has 1 atom stereocenters. The van der Waals surface area contributed by atoms with Gasteiger partial charge in [-0.25, -0.2) is 4.79 Å². The smallest absolute Gasteiger partial charge is 0.326 e. The molecule has 122 valence electrons. The minimum atomic E-state index is -1.09. The van der Waals surface area contributed by atoms with Gasteiger partial charge in [0.05, 0.1) is 0 Å². The molecule has 6 heteroatoms. The van der Waals surface area contributed by atoms with Crippen LogP contribution in [0.25, 0.3) is 0 Å². The number of carboxylic acids is 1. The molecule has 1 unspecified atom stereocenters. The summed E-state index contributed by atoms with van der Waals surface area (Å²) < 4.78 is 0. The molecule has 1 fully saturated rings. The Morgan fingerprint density at radius 1 is 1.35 bits per heavy atom. The molecule has 23 heavy (non-hydrogen) atoms. The van der Waals surface area contributed by atoms with Crippen LogP contribution in [0.1, 0.15) is 36.5 Å². The lowest BCUT2D eigenvalue weighted by molar-refractivity contribution is -0.139. The largest absolute Gasteiger partial charge is 0.480 e. The van der Waals surface area contributed by atoms with Crippen molar-refractivity contribution < 1.29 is 19.5 Å². The van der Waals surface area contributed by atoms with Crippen molar-refractivity contribution in [2.24, 2.45) is 5.92 Å². The van der Waals surface area contributed by atoms with Crippen LogP contribution in [-0.4, -0.2) is 28.9 Å². The predicted molar refractivity (Wildman–Crippen MR) is 86.1 cm³/mol. The van der Waals surface area contributed by atoms with Crippen LogP contribution in [0.3, 0.4) is 0 Å². The van der Waals surface area contributed by atoms with E-state index < -0.39 is 17.9 Å². The quantitative estimate of drug-likeness (QED) is 0.672. The SMILES string of the molecule is C/C=C/CC(NC(=O)c1cccc(NC(=O)C2CC2)c1)C(=O)O. The molecule has 0 radical (unpaired) electrons. The zero-order chi connectivity index (χ0) is 16.8. The van der Waals surface area contributed by atoms with Crippen molar-refractivity contribution in [1.82, 2.24) is 5.32 Å². The molecule has 1 aromatic rings. The normalized spacial score (nSPS) is 15.2. The minimum Gasteiger partial charge on any atom is -0.480 e. The van der Waals surface area contributed by atoms with Gasteiger partial charge in [0.25, 0.3) is 5.91 Å². The van der Waals surface area contributed by atoms with Crippen LogP contribution >= 0.6 is 0 Å². The van der Waals surface area contributed by atoms with Crippen LogP contribution in [0.15, 0.2) is 36.4 Å². The molecule has 0 heterocycles. The number of benzene rings is 1. The number of aliphatic carboxylic acids is 1. The van der Waals surface area contributed by atoms with Gasteiger partial charge in [-0.05, 0) is 44.4 Å². The lowest BCUT2D eigenvalue weighted by Crippen LogP contribution is -2.40. The van der Waals surface area contributed by atoms with E-state index >= 15 is 0 Å². The Morgan fingerprint density at radius 3 is 2.70 bits per heavy atom. The van der Waals surface area contributed by atoms with Crippen LogP contribution in [0.4, 0.5) is 5.69 Å². The molecule has 6 nitrogen and oxygen atoms in total. The number of carbonyl (C=O) groups excluding carboxylic acids is 2. The fraction of sp³-hybridized carbons (Fsp3) is 0.353. The van der Waals surface area contributed by atoms with E-state index in [4.69, 9.17) is 5.11 Å². The Labute approximate surface area is 134 Å². The van der Waals surface area contributed by atoms with Gasteiger partial charge < -0.3 is 15.7 Å². The zero-order valence-electron chi connectivity index (χ0n) is 12.9. The summed E-state index contributed by atoms with van der Waals surface area (Å²) in [7, 11) is 0. The molecule has 1 aliphatic carbocycles. The third-order valence-electron chi connectivity index (χ3n) is 3.55. The van der Waals surface area contributed by atoms with E-state index in [1.54, 1.807) is 43.3 Å². The van der Waals surface area contributed by atoms with Crippen molar-refractivity contribution in [3.05, 3.63) is 42.0 Å². The average Bonchev–Trinajstić information content (AvgIpc) is 3.36. The first-order valence-corrected chi connectivity index (χ1v) is 7.57. The number of carboxylic acid groups (broad SMARTS) is 1. The minimum absolute atomic E-state index is 0.0425. The van der Waals surface area contributed by atoms with Crippen LogP contribution < -0.4 is 10.6 Å². The number of hydrogen-bond donors (Lipinski definition) is 3. The summed E-state index contributed by atoms with van der Waals surface area (Å²) in [6.07, 6.45) is 5.44. The van der Waals surface area contributed by atoms with E-state index in [2.05, 4.69) is 10.6 Å². The summed E-state index contributed by atoms with van der Waals surface area (Å²) in [6.45, 7) is 1.78. The first-order chi connectivity index (χ1) is 11.0. The van der Waals surface area contributed by atoms with E-state index in [9.17, 15) is 14.4 Å². The van der Waals surface area contributed by atoms with Crippen LogP contribution in [0, 0.1) is 5.92 Å². The van der Waals surface area contributed by atoms with Crippen LogP contribution in [-0.2, 0) is 9.59 Å². The number of anilines is 1. The summed E-state index contributed by atoms with van der Waals surface area (Å²) in [6, 6.07) is 5.49. The fourth-order valence-corrected chi connectivity index (χ4v) is 2.06. The van der Waals surface area contributed by atoms with Gasteiger partial charge in [0.1, 0.15) is 6.04 Å². The van der Waals surface area contributed by atoms with Crippen LogP contribution in [0.2, 0.25) is 0 Å². The molecule has 3 N–H and O–H groups in total. The molecule has 1 aliphatic rings. The standard InChI is InChI=1S/C17H20N2O4/c1-2-3-7-14(17(22)23)19-16(21)12-5-4-6-13(10-12)18-15(20)11-8-9-11/h2-6,10-11,14H,7-9H2,1H3,(H,18,20)(H,19,21)(H,22,23)/b3-2+. The molecule has 0 saturated heterocycles. The molecule has 0 aliphatic heterocycles. The third-order valence-corrected chi connectivity index (χ3v) is 3.55. The molecule has 2 amide bonds. The van der Waals surface area contributed by atoms with Crippen molar-refractivity contribution in [1.29, 1.82) is 0 Å². The average molecular weight is 316 g/mol. The van der Waals surface area contributed by atoms with Crippen molar-refractivity contribution >= 4 is 23.5 Å². The summed E-state index contributed by atoms with van der Waals surface area (Å²) in [4.78, 5) is 35.1. The van der Waals surface area contributed by atoms with Gasteiger partial charge in [0.2, 0.25) is 5.91 Å². The van der Waals surface area contributed by atoms with Gasteiger partial charge >= 0.3 is 5.97 Å². The maximum atomic E-state index is 12.2. The molecule has 1 aromatic carbocycles. The Bertz CT molecular complexity index is 635. The molecular weight excluding hydrogens is 296 g/mol. The number of rotatable bonds is 7. The third kappa shape index (κ3) is 4.95. The van der Waals surface area contributed by atoms with Gasteiger partial charge in [-0.3, -0.25) is 9.59 Å². The second-order valence-corrected chi connectivity index (χ2v) is 5.51. The van der Waals surface area contributed by atoms with Gasteiger partial charge in [-0.15, -0.1) is 0 Å². The molecule has 1 saturated carbocycles. The molecule has 2 rings (SSSR count). The highest BCUT2D eigenvalue weighted by Crippen LogP contribution is 2.30. The Balaban J connectivity index is 2.02. The summed E-state index contributed by atoms with van der Waals surface area (Å²) in [5, 5.41) is 14.4. The first kappa shape index (κ1) is 16.7. The van der Waals surface area contributed by atoms with E-state index in [0.717, 1.165) is 12.8 Å². The fourth-order valence-electron chi connectivity index (χ4n) is 2.06. The second kappa shape index (κ2) is 7.58. The number of amides is 2. The van der Waals surface area contributed by atoms with E-state index in [1.165, 1.54) is 0 Å². The van der Waals surface area contributed by atoms with Gasteiger partial charge in [0.15, 0.2) is 0 Å². The predicted octanol–water partition coefficient (Wildman–Crippen LogP) is 2.18. The lowest BCUT2D eigenvalue weighted by Gasteiger charge is -2.13. The molecule has 0 aromatic heterocycles. The topological polar surface area (TPSA) is 95.5 Å². The van der Waals surface area contributed by atoms with Crippen molar-refractivity contribution in [3.63, 3.8) is 0 Å². The summed E-state index contributed by atoms with van der Waals surface area (Å²) >= 11 is 0. The number of carbonyl (C=O) groups is 3. The monoisotopic (exact) mass is 316 g/mol. The van der Waals surface area contributed by atoms with Crippen molar-refractivity contribution in [2.45, 2.75) is 32.2 Å². The van der Waals surface area contributed by atoms with Gasteiger partial charge in [-0.2, -0.15) is 0 Å². The number of nitrogens with one attached hydrogen (secondary N) is 2. The summed E-state index contributed by atoms with van der Waals surface area (Å²) in [5.41, 5.74) is 0.847. The van der Waals surface area contributed by atoms with Crippen molar-refractivity contribution in [3.8, 4) is 0 Å². The number of allylic oxidation sites excluding steroid dienone is 1. The lowest BCUT2D eigenvalue weighted by atomic mass is 10.1.